The molecule has 1 atom stereocenters. The number of hydrogen-bond donors (Lipinski definition) is 2. The minimum atomic E-state index is -1.11. The molecule has 12 nitrogen and oxygen atoms in total. The molecule has 0 spiro atoms. The number of carbonyl (C=O) groups is 4. The third kappa shape index (κ3) is 5.69. The summed E-state index contributed by atoms with van der Waals surface area (Å²) in [7, 11) is 1.75. The van der Waals surface area contributed by atoms with Crippen molar-refractivity contribution in [3.8, 4) is 5.69 Å². The first-order valence-electron chi connectivity index (χ1n) is 14.0. The molecular weight excluding hydrogens is 605 g/mol. The number of hydrogen-bond acceptors (Lipinski definition) is 7. The van der Waals surface area contributed by atoms with Crippen molar-refractivity contribution in [2.24, 2.45) is 0 Å². The molecule has 4 aromatic rings. The zero-order chi connectivity index (χ0) is 31.8. The minimum absolute atomic E-state index is 0.00325. The van der Waals surface area contributed by atoms with E-state index in [1.807, 2.05) is 11.0 Å². The van der Waals surface area contributed by atoms with E-state index in [0.29, 0.717) is 30.8 Å². The summed E-state index contributed by atoms with van der Waals surface area (Å²) in [5.74, 6) is -2.99. The highest BCUT2D eigenvalue weighted by molar-refractivity contribution is 6.30. The maximum Gasteiger partial charge on any atom is 0.335 e. The average molecular weight is 632 g/mol. The maximum absolute atomic E-state index is 14.7. The maximum atomic E-state index is 14.7. The molecule has 3 amide bonds. The van der Waals surface area contributed by atoms with Gasteiger partial charge in [0, 0.05) is 38.1 Å². The molecule has 0 bridgehead atoms. The zero-order valence-electron chi connectivity index (χ0n) is 24.0. The van der Waals surface area contributed by atoms with Crippen LogP contribution < -0.4 is 10.2 Å². The van der Waals surface area contributed by atoms with Gasteiger partial charge in [0.2, 0.25) is 5.91 Å². The topological polar surface area (TPSA) is 141 Å². The number of rotatable bonds is 6. The fraction of sp³-hybridized carbons (Fsp3) is 0.226. The van der Waals surface area contributed by atoms with Crippen LogP contribution in [0, 0.1) is 5.82 Å². The Morgan fingerprint density at radius 2 is 1.73 bits per heavy atom. The number of likely N-dealkylation sites (N-methyl/N-ethyl adjacent to an activating group) is 1. The van der Waals surface area contributed by atoms with E-state index in [4.69, 9.17) is 11.6 Å². The summed E-state index contributed by atoms with van der Waals surface area (Å²) < 4.78 is 15.8. The van der Waals surface area contributed by atoms with Crippen molar-refractivity contribution in [1.29, 1.82) is 0 Å². The molecule has 1 aromatic heterocycles. The van der Waals surface area contributed by atoms with E-state index in [2.05, 4.69) is 15.6 Å². The Bertz CT molecular complexity index is 1830. The average Bonchev–Trinajstić information content (AvgIpc) is 3.53. The molecule has 3 aromatic carbocycles. The van der Waals surface area contributed by atoms with Crippen molar-refractivity contribution in [3.05, 3.63) is 100 Å². The lowest BCUT2D eigenvalue weighted by molar-refractivity contribution is -0.129. The number of aromatic carboxylic acids is 1. The van der Waals surface area contributed by atoms with Gasteiger partial charge in [-0.25, -0.2) is 13.9 Å². The lowest BCUT2D eigenvalue weighted by Crippen LogP contribution is -2.50. The van der Waals surface area contributed by atoms with Crippen molar-refractivity contribution in [2.75, 3.05) is 43.4 Å². The molecule has 1 fully saturated rings. The standard InChI is InChI=1S/C31H27ClFN7O5/c1-37-14-15-38(17-26(37)41)24-6-2-4-21-20(24)12-13-39(28(21)29(42)34-19-10-8-18(9-11-19)31(44)45)30(43)23-16-40(36-35-23)25-7-3-5-22(32)27(25)33/h2-11,16,28H,12-15,17H2,1H3,(H,34,42)(H,44,45). The van der Waals surface area contributed by atoms with Crippen molar-refractivity contribution in [1.82, 2.24) is 24.8 Å². The van der Waals surface area contributed by atoms with E-state index in [9.17, 15) is 28.7 Å². The second kappa shape index (κ2) is 12.0. The highest BCUT2D eigenvalue weighted by Crippen LogP contribution is 2.37. The monoisotopic (exact) mass is 631 g/mol. The lowest BCUT2D eigenvalue weighted by Gasteiger charge is -2.40. The molecular formula is C31H27ClFN7O5. The molecule has 45 heavy (non-hydrogen) atoms. The van der Waals surface area contributed by atoms with E-state index < -0.39 is 29.6 Å². The highest BCUT2D eigenvalue weighted by atomic mass is 35.5. The van der Waals surface area contributed by atoms with Crippen molar-refractivity contribution >= 4 is 46.7 Å². The summed E-state index contributed by atoms with van der Waals surface area (Å²) in [5.41, 5.74) is 2.51. The third-order valence-electron chi connectivity index (χ3n) is 7.99. The largest absolute Gasteiger partial charge is 0.478 e. The molecule has 6 rings (SSSR count). The molecule has 0 saturated carbocycles. The summed E-state index contributed by atoms with van der Waals surface area (Å²) in [4.78, 5) is 56.8. The predicted octanol–water partition coefficient (Wildman–Crippen LogP) is 3.41. The van der Waals surface area contributed by atoms with Gasteiger partial charge in [0.15, 0.2) is 11.5 Å². The van der Waals surface area contributed by atoms with Crippen molar-refractivity contribution in [2.45, 2.75) is 12.5 Å². The molecule has 3 heterocycles. The number of nitrogens with one attached hydrogen (secondary N) is 1. The Morgan fingerprint density at radius 1 is 1.00 bits per heavy atom. The fourth-order valence-electron chi connectivity index (χ4n) is 5.61. The Kier molecular flexibility index (Phi) is 7.94. The van der Waals surface area contributed by atoms with Crippen LogP contribution in [-0.4, -0.2) is 86.8 Å². The lowest BCUT2D eigenvalue weighted by atomic mass is 9.89. The number of anilines is 2. The van der Waals surface area contributed by atoms with Crippen LogP contribution in [0.4, 0.5) is 15.8 Å². The predicted molar refractivity (Wildman–Crippen MR) is 162 cm³/mol. The summed E-state index contributed by atoms with van der Waals surface area (Å²) in [6, 6.07) is 14.4. The van der Waals surface area contributed by atoms with Crippen LogP contribution in [0.25, 0.3) is 5.69 Å². The van der Waals surface area contributed by atoms with Crippen LogP contribution in [0.5, 0.6) is 0 Å². The number of aromatic nitrogens is 3. The molecule has 1 saturated heterocycles. The van der Waals surface area contributed by atoms with Gasteiger partial charge in [-0.1, -0.05) is 35.0 Å². The summed E-state index contributed by atoms with van der Waals surface area (Å²) >= 11 is 5.92. The number of amides is 3. The molecule has 0 radical (unpaired) electrons. The van der Waals surface area contributed by atoms with E-state index >= 15 is 0 Å². The van der Waals surface area contributed by atoms with Gasteiger partial charge in [-0.3, -0.25) is 14.4 Å². The van der Waals surface area contributed by atoms with Crippen molar-refractivity contribution in [3.63, 3.8) is 0 Å². The van der Waals surface area contributed by atoms with E-state index in [1.54, 1.807) is 30.1 Å². The molecule has 14 heteroatoms. The van der Waals surface area contributed by atoms with Crippen LogP contribution in [0.1, 0.15) is 38.0 Å². The van der Waals surface area contributed by atoms with E-state index in [0.717, 1.165) is 15.9 Å². The second-order valence-corrected chi connectivity index (χ2v) is 11.1. The first-order valence-corrected chi connectivity index (χ1v) is 14.4. The fourth-order valence-corrected chi connectivity index (χ4v) is 5.78. The Hall–Kier alpha value is -5.30. The van der Waals surface area contributed by atoms with Gasteiger partial charge in [-0.05, 0) is 60.0 Å². The summed E-state index contributed by atoms with van der Waals surface area (Å²) in [6.45, 7) is 1.48. The van der Waals surface area contributed by atoms with Gasteiger partial charge in [0.05, 0.1) is 23.3 Å². The van der Waals surface area contributed by atoms with Crippen LogP contribution in [0.3, 0.4) is 0 Å². The number of carboxylic acid groups (broad SMARTS) is 1. The van der Waals surface area contributed by atoms with Crippen LogP contribution in [-0.2, 0) is 16.0 Å². The smallest absolute Gasteiger partial charge is 0.335 e. The number of halogens is 2. The van der Waals surface area contributed by atoms with Crippen LogP contribution >= 0.6 is 11.6 Å². The Labute approximate surface area is 261 Å². The van der Waals surface area contributed by atoms with Gasteiger partial charge in [0.25, 0.3) is 11.8 Å². The third-order valence-corrected chi connectivity index (χ3v) is 8.29. The van der Waals surface area contributed by atoms with Gasteiger partial charge >= 0.3 is 5.97 Å². The number of fused-ring (bicyclic) bond motifs is 1. The quantitative estimate of drug-likeness (QED) is 0.330. The van der Waals surface area contributed by atoms with Gasteiger partial charge < -0.3 is 25.1 Å². The zero-order valence-corrected chi connectivity index (χ0v) is 24.7. The molecule has 230 valence electrons. The number of carbonyl (C=O) groups excluding carboxylic acids is 3. The number of carboxylic acids is 1. The first-order chi connectivity index (χ1) is 21.6. The number of nitrogens with zero attached hydrogens (tertiary/aromatic N) is 6. The molecule has 2 N–H and O–H groups in total. The molecule has 2 aliphatic heterocycles. The Balaban J connectivity index is 1.36. The Morgan fingerprint density at radius 3 is 2.47 bits per heavy atom. The highest BCUT2D eigenvalue weighted by Gasteiger charge is 2.39. The van der Waals surface area contributed by atoms with Gasteiger partial charge in [0.1, 0.15) is 11.7 Å². The summed E-state index contributed by atoms with van der Waals surface area (Å²) in [5, 5.41) is 19.8. The van der Waals surface area contributed by atoms with E-state index in [-0.39, 0.29) is 41.0 Å². The van der Waals surface area contributed by atoms with Gasteiger partial charge in [-0.15, -0.1) is 5.10 Å². The van der Waals surface area contributed by atoms with Crippen LogP contribution in [0.15, 0.2) is 66.9 Å². The van der Waals surface area contributed by atoms with Crippen LogP contribution in [0.2, 0.25) is 5.02 Å². The normalized spacial score (nSPS) is 16.4. The second-order valence-electron chi connectivity index (χ2n) is 10.7. The van der Waals surface area contributed by atoms with Crippen molar-refractivity contribution < 1.29 is 28.7 Å². The van der Waals surface area contributed by atoms with E-state index in [1.165, 1.54) is 47.5 Å². The molecule has 0 aliphatic carbocycles. The first kappa shape index (κ1) is 29.8. The van der Waals surface area contributed by atoms with Gasteiger partial charge in [-0.2, -0.15) is 0 Å². The molecule has 2 aliphatic rings. The number of benzene rings is 3. The minimum Gasteiger partial charge on any atom is -0.478 e. The molecule has 1 unspecified atom stereocenters. The summed E-state index contributed by atoms with van der Waals surface area (Å²) in [6.07, 6.45) is 1.67. The SMILES string of the molecule is CN1CCN(c2cccc3c2CCN(C(=O)c2cn(-c4cccc(Cl)c4F)nn2)C3C(=O)Nc2ccc(C(=O)O)cc2)CC1=O. The number of piperazine rings is 1.